The Morgan fingerprint density at radius 2 is 0.955 bits per heavy atom. The molecule has 22 heavy (non-hydrogen) atoms. The first kappa shape index (κ1) is 26.2. The molecule has 12 heteroatoms. The molecule has 0 aliphatic rings. The van der Waals surface area contributed by atoms with Crippen LogP contribution in [0.1, 0.15) is 12.8 Å². The zero-order valence-corrected chi connectivity index (χ0v) is 14.6. The first-order valence-corrected chi connectivity index (χ1v) is 5.60. The third-order valence-electron chi connectivity index (χ3n) is 2.26. The Kier molecular flexibility index (Phi) is 16.6. The zero-order chi connectivity index (χ0) is 15.7. The van der Waals surface area contributed by atoms with Crippen LogP contribution in [0, 0.1) is 0 Å². The van der Waals surface area contributed by atoms with Crippen LogP contribution in [-0.4, -0.2) is 116 Å². The number of hydrogen-bond donors (Lipinski definition) is 6. The fraction of sp³-hybridized carbons (Fsp3) is 0.600. The standard InChI is InChI=1S/C10H16N2O8.2Mg/c13-7(14)3-5(9(17)18)11-1-2-12-6(10(19)20)4-8(15)16;;/h5-6,11-12H,1-4H2,(H,13,14)(H,15,16)(H,17,18)(H,19,20);;/q;2*+2/t5-,6-;;/m0../s1. The van der Waals surface area contributed by atoms with Gasteiger partial charge in [0.2, 0.25) is 0 Å². The predicted molar refractivity (Wildman–Crippen MR) is 74.9 cm³/mol. The Morgan fingerprint density at radius 1 is 0.682 bits per heavy atom. The molecule has 0 fully saturated rings. The Morgan fingerprint density at radius 3 is 1.14 bits per heavy atom. The molecule has 0 heterocycles. The van der Waals surface area contributed by atoms with Crippen molar-refractivity contribution in [2.24, 2.45) is 0 Å². The summed E-state index contributed by atoms with van der Waals surface area (Å²) in [5, 5.41) is 39.2. The van der Waals surface area contributed by atoms with E-state index in [9.17, 15) is 19.2 Å². The summed E-state index contributed by atoms with van der Waals surface area (Å²) in [5.41, 5.74) is 0. The molecule has 114 valence electrons. The number of aliphatic carboxylic acids is 4. The summed E-state index contributed by atoms with van der Waals surface area (Å²) in [6, 6.07) is -2.59. The topological polar surface area (TPSA) is 173 Å². The summed E-state index contributed by atoms with van der Waals surface area (Å²) in [5.74, 6) is -5.25. The van der Waals surface area contributed by atoms with Crippen LogP contribution in [0.3, 0.4) is 0 Å². The van der Waals surface area contributed by atoms with Gasteiger partial charge in [-0.1, -0.05) is 0 Å². The van der Waals surface area contributed by atoms with Crippen molar-refractivity contribution in [2.45, 2.75) is 24.9 Å². The number of nitrogens with one attached hydrogen (secondary N) is 2. The van der Waals surface area contributed by atoms with Crippen molar-refractivity contribution < 1.29 is 39.6 Å². The van der Waals surface area contributed by atoms with Crippen LogP contribution in [0.2, 0.25) is 0 Å². The van der Waals surface area contributed by atoms with Gasteiger partial charge in [0, 0.05) is 13.1 Å². The normalized spacial score (nSPS) is 12.2. The van der Waals surface area contributed by atoms with Gasteiger partial charge in [0.1, 0.15) is 12.1 Å². The van der Waals surface area contributed by atoms with Crippen LogP contribution in [0.25, 0.3) is 0 Å². The summed E-state index contributed by atoms with van der Waals surface area (Å²) in [6.07, 6.45) is -1.24. The smallest absolute Gasteiger partial charge is 0.481 e. The molecule has 0 unspecified atom stereocenters. The third-order valence-corrected chi connectivity index (χ3v) is 2.26. The molecule has 0 rings (SSSR count). The summed E-state index contributed by atoms with van der Waals surface area (Å²) >= 11 is 0. The van der Waals surface area contributed by atoms with Crippen molar-refractivity contribution in [2.75, 3.05) is 13.1 Å². The minimum atomic E-state index is -1.34. The van der Waals surface area contributed by atoms with E-state index >= 15 is 0 Å². The number of carbonyl (C=O) groups is 4. The second-order valence-electron chi connectivity index (χ2n) is 3.89. The summed E-state index contributed by atoms with van der Waals surface area (Å²) in [7, 11) is 0. The van der Waals surface area contributed by atoms with Crippen molar-refractivity contribution in [1.82, 2.24) is 10.6 Å². The van der Waals surface area contributed by atoms with Gasteiger partial charge in [0.05, 0.1) is 12.8 Å². The first-order valence-electron chi connectivity index (χ1n) is 5.60. The van der Waals surface area contributed by atoms with E-state index in [0.29, 0.717) is 0 Å². The molecule has 0 bridgehead atoms. The van der Waals surface area contributed by atoms with Gasteiger partial charge in [-0.15, -0.1) is 0 Å². The maximum Gasteiger partial charge on any atom is 2.00 e. The van der Waals surface area contributed by atoms with Crippen molar-refractivity contribution in [3.8, 4) is 0 Å². The van der Waals surface area contributed by atoms with E-state index in [4.69, 9.17) is 20.4 Å². The van der Waals surface area contributed by atoms with Gasteiger partial charge >= 0.3 is 70.0 Å². The minimum absolute atomic E-state index is 0. The van der Waals surface area contributed by atoms with E-state index in [-0.39, 0.29) is 59.2 Å². The molecule has 0 radical (unpaired) electrons. The maximum atomic E-state index is 10.7. The molecule has 10 nitrogen and oxygen atoms in total. The second-order valence-corrected chi connectivity index (χ2v) is 3.89. The molecule has 0 aromatic rings. The first-order chi connectivity index (χ1) is 9.23. The monoisotopic (exact) mass is 340 g/mol. The Hall–Kier alpha value is -0.668. The number of carboxylic acid groups (broad SMARTS) is 4. The second kappa shape index (κ2) is 14.0. The van der Waals surface area contributed by atoms with Crippen LogP contribution in [0.4, 0.5) is 0 Å². The largest absolute Gasteiger partial charge is 2.00 e. The molecule has 0 saturated heterocycles. The zero-order valence-electron chi connectivity index (χ0n) is 11.8. The van der Waals surface area contributed by atoms with E-state index in [2.05, 4.69) is 10.6 Å². The molecule has 6 N–H and O–H groups in total. The number of rotatable bonds is 11. The van der Waals surface area contributed by atoms with E-state index in [1.165, 1.54) is 0 Å². The Bertz CT molecular complexity index is 357. The van der Waals surface area contributed by atoms with Gasteiger partial charge in [0.15, 0.2) is 0 Å². The molecule has 0 aliphatic heterocycles. The van der Waals surface area contributed by atoms with Crippen LogP contribution < -0.4 is 10.6 Å². The van der Waals surface area contributed by atoms with Crippen molar-refractivity contribution in [3.63, 3.8) is 0 Å². The molecule has 0 aliphatic carbocycles. The van der Waals surface area contributed by atoms with E-state index in [0.717, 1.165) is 0 Å². The van der Waals surface area contributed by atoms with E-state index < -0.39 is 48.8 Å². The van der Waals surface area contributed by atoms with Crippen LogP contribution in [0.5, 0.6) is 0 Å². The van der Waals surface area contributed by atoms with Crippen molar-refractivity contribution >= 4 is 70.0 Å². The summed E-state index contributed by atoms with van der Waals surface area (Å²) in [6.45, 7) is -0.0404. The Balaban J connectivity index is -0.00000180. The molecule has 0 spiro atoms. The number of carboxylic acids is 4. The third kappa shape index (κ3) is 13.0. The average molecular weight is 341 g/mol. The molecule has 2 atom stereocenters. The summed E-state index contributed by atoms with van der Waals surface area (Å²) < 4.78 is 0. The molecular formula is C10H16Mg2N2O8+4. The van der Waals surface area contributed by atoms with Crippen molar-refractivity contribution in [3.05, 3.63) is 0 Å². The molecule has 0 aromatic heterocycles. The average Bonchev–Trinajstić information content (AvgIpc) is 2.29. The van der Waals surface area contributed by atoms with Gasteiger partial charge in [-0.3, -0.25) is 19.2 Å². The molecule has 0 amide bonds. The fourth-order valence-electron chi connectivity index (χ4n) is 1.34. The van der Waals surface area contributed by atoms with Gasteiger partial charge in [-0.05, 0) is 0 Å². The molecule has 0 saturated carbocycles. The number of hydrogen-bond acceptors (Lipinski definition) is 6. The molecular weight excluding hydrogens is 325 g/mol. The van der Waals surface area contributed by atoms with E-state index in [1.807, 2.05) is 0 Å². The predicted octanol–water partition coefficient (Wildman–Crippen LogP) is -2.74. The van der Waals surface area contributed by atoms with Gasteiger partial charge in [-0.2, -0.15) is 0 Å². The maximum absolute atomic E-state index is 10.7. The quantitative estimate of drug-likeness (QED) is 0.171. The van der Waals surface area contributed by atoms with E-state index in [1.54, 1.807) is 0 Å². The van der Waals surface area contributed by atoms with Gasteiger partial charge < -0.3 is 31.1 Å². The van der Waals surface area contributed by atoms with Crippen LogP contribution in [-0.2, 0) is 19.2 Å². The van der Waals surface area contributed by atoms with Crippen LogP contribution in [0.15, 0.2) is 0 Å². The van der Waals surface area contributed by atoms with Gasteiger partial charge in [-0.25, -0.2) is 0 Å². The minimum Gasteiger partial charge on any atom is -0.481 e. The van der Waals surface area contributed by atoms with Gasteiger partial charge in [0.25, 0.3) is 0 Å². The SMILES string of the molecule is O=C(O)C[C@H](NCCN[C@@H](CC(=O)O)C(=O)O)C(=O)O.[Mg+2].[Mg+2]. The summed E-state index contributed by atoms with van der Waals surface area (Å²) in [4.78, 5) is 42.2. The Labute approximate surface area is 157 Å². The fourth-order valence-corrected chi connectivity index (χ4v) is 1.34. The molecule has 0 aromatic carbocycles. The van der Waals surface area contributed by atoms with Crippen molar-refractivity contribution in [1.29, 1.82) is 0 Å². The van der Waals surface area contributed by atoms with Crippen LogP contribution >= 0.6 is 0 Å².